The average molecular weight is 521 g/mol. The molecule has 2 aliphatic rings. The van der Waals surface area contributed by atoms with Crippen LogP contribution >= 0.6 is 0 Å². The van der Waals surface area contributed by atoms with E-state index in [0.29, 0.717) is 12.1 Å². The number of nitrogens with one attached hydrogen (secondary N) is 1. The number of carboxylic acid groups (broad SMARTS) is 1. The minimum absolute atomic E-state index is 0.126. The molecule has 6 rings (SSSR count). The number of aryl methyl sites for hydroxylation is 1. The smallest absolute Gasteiger partial charge is 0.335 e. The highest BCUT2D eigenvalue weighted by atomic mass is 16.4. The molecule has 6 heteroatoms. The molecule has 2 saturated heterocycles. The van der Waals surface area contributed by atoms with Gasteiger partial charge in [0.2, 0.25) is 0 Å². The lowest BCUT2D eigenvalue weighted by atomic mass is 9.83. The van der Waals surface area contributed by atoms with Crippen molar-refractivity contribution >= 4 is 22.6 Å². The standard InChI is InChI=1S/C33H36N4O2/c1-25-33(16-19-35(20-17-33)18-8-11-28-22-34-31-15-6-5-14-30(28)31)37(29-12-3-2-4-13-29)24-36(25)23-26-9-7-10-27(21-26)32(38)39/h2-7,9-10,12-15,21-22,34H,1,8,11,16-20,23-24H2,(H,38,39). The molecular formula is C33H36N4O2. The molecule has 0 unspecified atom stereocenters. The second kappa shape index (κ2) is 10.6. The van der Waals surface area contributed by atoms with Crippen molar-refractivity contribution in [2.24, 2.45) is 0 Å². The van der Waals surface area contributed by atoms with E-state index in [9.17, 15) is 9.90 Å². The van der Waals surface area contributed by atoms with Gasteiger partial charge in [0.05, 0.1) is 17.8 Å². The summed E-state index contributed by atoms with van der Waals surface area (Å²) in [6, 6.07) is 26.5. The maximum atomic E-state index is 11.5. The Morgan fingerprint density at radius 3 is 2.54 bits per heavy atom. The molecule has 39 heavy (non-hydrogen) atoms. The number of H-pyrrole nitrogens is 1. The van der Waals surface area contributed by atoms with Crippen LogP contribution in [0.25, 0.3) is 10.9 Å². The molecule has 0 atom stereocenters. The second-order valence-electron chi connectivity index (χ2n) is 10.9. The number of rotatable bonds is 8. The molecule has 0 amide bonds. The van der Waals surface area contributed by atoms with E-state index in [4.69, 9.17) is 0 Å². The number of piperidine rings is 1. The maximum absolute atomic E-state index is 11.5. The van der Waals surface area contributed by atoms with Crippen LogP contribution in [0, 0.1) is 0 Å². The minimum atomic E-state index is -0.892. The molecule has 0 radical (unpaired) electrons. The fourth-order valence-corrected chi connectivity index (χ4v) is 6.48. The van der Waals surface area contributed by atoms with Gasteiger partial charge in [0.15, 0.2) is 0 Å². The summed E-state index contributed by atoms with van der Waals surface area (Å²) in [6.45, 7) is 9.22. The van der Waals surface area contributed by atoms with Crippen molar-refractivity contribution in [2.45, 2.75) is 37.8 Å². The van der Waals surface area contributed by atoms with Gasteiger partial charge in [-0.2, -0.15) is 0 Å². The predicted molar refractivity (Wildman–Crippen MR) is 157 cm³/mol. The number of fused-ring (bicyclic) bond motifs is 1. The molecule has 2 aliphatic heterocycles. The second-order valence-corrected chi connectivity index (χ2v) is 10.9. The molecule has 3 aromatic carbocycles. The Bertz CT molecular complexity index is 1470. The number of nitrogens with zero attached hydrogens (tertiary/aromatic N) is 3. The number of carbonyl (C=O) groups is 1. The van der Waals surface area contributed by atoms with Crippen molar-refractivity contribution in [3.63, 3.8) is 0 Å². The summed E-state index contributed by atoms with van der Waals surface area (Å²) in [7, 11) is 0. The van der Waals surface area contributed by atoms with E-state index < -0.39 is 5.97 Å². The largest absolute Gasteiger partial charge is 0.478 e. The lowest BCUT2D eigenvalue weighted by molar-refractivity contribution is 0.0696. The Hall–Kier alpha value is -4.03. The molecule has 3 heterocycles. The Labute approximate surface area is 230 Å². The highest BCUT2D eigenvalue weighted by Crippen LogP contribution is 2.45. The Kier molecular flexibility index (Phi) is 6.88. The number of para-hydroxylation sites is 2. The van der Waals surface area contributed by atoms with Crippen molar-refractivity contribution in [3.05, 3.63) is 114 Å². The predicted octanol–water partition coefficient (Wildman–Crippen LogP) is 6.13. The minimum Gasteiger partial charge on any atom is -0.478 e. The van der Waals surface area contributed by atoms with Crippen molar-refractivity contribution in [2.75, 3.05) is 31.2 Å². The van der Waals surface area contributed by atoms with Gasteiger partial charge < -0.3 is 24.8 Å². The lowest BCUT2D eigenvalue weighted by Gasteiger charge is -2.45. The van der Waals surface area contributed by atoms with Crippen molar-refractivity contribution in [3.8, 4) is 0 Å². The lowest BCUT2D eigenvalue weighted by Crippen LogP contribution is -2.53. The quantitative estimate of drug-likeness (QED) is 0.293. The molecular weight excluding hydrogens is 484 g/mol. The number of aromatic nitrogens is 1. The SMILES string of the molecule is C=C1N(Cc2cccc(C(=O)O)c2)CN(c2ccccc2)C12CCN(CCCc1c[nH]c3ccccc13)CC2. The number of benzene rings is 3. The summed E-state index contributed by atoms with van der Waals surface area (Å²) in [5.74, 6) is -0.892. The topological polar surface area (TPSA) is 62.8 Å². The van der Waals surface area contributed by atoms with E-state index in [0.717, 1.165) is 63.2 Å². The Balaban J connectivity index is 1.14. The van der Waals surface area contributed by atoms with Gasteiger partial charge in [-0.1, -0.05) is 55.1 Å². The maximum Gasteiger partial charge on any atom is 0.335 e. The van der Waals surface area contributed by atoms with Crippen LogP contribution in [0.5, 0.6) is 0 Å². The van der Waals surface area contributed by atoms with Gasteiger partial charge in [-0.3, -0.25) is 0 Å². The third kappa shape index (κ3) is 4.92. The molecule has 200 valence electrons. The number of hydrogen-bond acceptors (Lipinski definition) is 4. The average Bonchev–Trinajstić information content (AvgIpc) is 3.49. The summed E-state index contributed by atoms with van der Waals surface area (Å²) in [5.41, 5.74) is 6.18. The number of likely N-dealkylation sites (tertiary alicyclic amines) is 1. The first-order chi connectivity index (χ1) is 19.0. The molecule has 4 aromatic rings. The van der Waals surface area contributed by atoms with Crippen LogP contribution in [-0.2, 0) is 13.0 Å². The van der Waals surface area contributed by atoms with Crippen LogP contribution in [-0.4, -0.2) is 57.7 Å². The first-order valence-corrected chi connectivity index (χ1v) is 13.9. The zero-order chi connectivity index (χ0) is 26.8. The van der Waals surface area contributed by atoms with Crippen LogP contribution in [0.1, 0.15) is 40.7 Å². The number of hydrogen-bond donors (Lipinski definition) is 2. The third-order valence-corrected chi connectivity index (χ3v) is 8.64. The third-order valence-electron chi connectivity index (χ3n) is 8.64. The summed E-state index contributed by atoms with van der Waals surface area (Å²) in [6.07, 6.45) is 6.44. The zero-order valence-electron chi connectivity index (χ0n) is 22.4. The molecule has 6 nitrogen and oxygen atoms in total. The summed E-state index contributed by atoms with van der Waals surface area (Å²) in [5, 5.41) is 10.8. The van der Waals surface area contributed by atoms with Gasteiger partial charge >= 0.3 is 5.97 Å². The first-order valence-electron chi connectivity index (χ1n) is 13.9. The fraction of sp³-hybridized carbons (Fsp3) is 0.303. The van der Waals surface area contributed by atoms with Gasteiger partial charge in [-0.05, 0) is 73.7 Å². The summed E-state index contributed by atoms with van der Waals surface area (Å²) < 4.78 is 0. The van der Waals surface area contributed by atoms with E-state index in [2.05, 4.69) is 87.1 Å². The van der Waals surface area contributed by atoms with Gasteiger partial charge in [-0.25, -0.2) is 4.79 Å². The normalized spacial score (nSPS) is 17.4. The number of carboxylic acids is 1. The van der Waals surface area contributed by atoms with Crippen LogP contribution in [0.4, 0.5) is 5.69 Å². The fourth-order valence-electron chi connectivity index (χ4n) is 6.48. The van der Waals surface area contributed by atoms with E-state index >= 15 is 0 Å². The van der Waals surface area contributed by atoms with Crippen molar-refractivity contribution < 1.29 is 9.90 Å². The number of anilines is 1. The molecule has 1 spiro atoms. The molecule has 2 fully saturated rings. The molecule has 2 N–H and O–H groups in total. The molecule has 0 bridgehead atoms. The molecule has 0 saturated carbocycles. The van der Waals surface area contributed by atoms with Crippen LogP contribution < -0.4 is 4.90 Å². The molecule has 0 aliphatic carbocycles. The van der Waals surface area contributed by atoms with Crippen LogP contribution in [0.3, 0.4) is 0 Å². The Morgan fingerprint density at radius 1 is 0.974 bits per heavy atom. The molecule has 1 aromatic heterocycles. The first kappa shape index (κ1) is 25.3. The van der Waals surface area contributed by atoms with Gasteiger partial charge in [0, 0.05) is 48.1 Å². The Morgan fingerprint density at radius 2 is 1.74 bits per heavy atom. The van der Waals surface area contributed by atoms with E-state index in [-0.39, 0.29) is 5.54 Å². The van der Waals surface area contributed by atoms with E-state index in [1.807, 2.05) is 12.1 Å². The van der Waals surface area contributed by atoms with Crippen LogP contribution in [0.15, 0.2) is 97.3 Å². The van der Waals surface area contributed by atoms with Gasteiger partial charge in [-0.15, -0.1) is 0 Å². The van der Waals surface area contributed by atoms with E-state index in [1.165, 1.54) is 22.2 Å². The van der Waals surface area contributed by atoms with Crippen LogP contribution in [0.2, 0.25) is 0 Å². The highest BCUT2D eigenvalue weighted by molar-refractivity contribution is 5.87. The van der Waals surface area contributed by atoms with E-state index in [1.54, 1.807) is 12.1 Å². The summed E-state index contributed by atoms with van der Waals surface area (Å²) in [4.78, 5) is 22.4. The van der Waals surface area contributed by atoms with Gasteiger partial charge in [0.25, 0.3) is 0 Å². The number of aromatic carboxylic acids is 1. The number of aromatic amines is 1. The zero-order valence-corrected chi connectivity index (χ0v) is 22.4. The van der Waals surface area contributed by atoms with Gasteiger partial charge in [0.1, 0.15) is 0 Å². The summed E-state index contributed by atoms with van der Waals surface area (Å²) >= 11 is 0. The monoisotopic (exact) mass is 520 g/mol. The van der Waals surface area contributed by atoms with Crippen molar-refractivity contribution in [1.29, 1.82) is 0 Å². The van der Waals surface area contributed by atoms with Crippen molar-refractivity contribution in [1.82, 2.24) is 14.8 Å². The highest BCUT2D eigenvalue weighted by Gasteiger charge is 2.49.